The first kappa shape index (κ1) is 15.9. The molecule has 1 aromatic heterocycles. The van der Waals surface area contributed by atoms with Crippen LogP contribution in [-0.2, 0) is 4.79 Å². The molecule has 1 aromatic rings. The smallest absolute Gasteiger partial charge is 0.234 e. The van der Waals surface area contributed by atoms with Gasteiger partial charge >= 0.3 is 0 Å². The Morgan fingerprint density at radius 2 is 2.00 bits per heavy atom. The van der Waals surface area contributed by atoms with Gasteiger partial charge in [-0.25, -0.2) is 0 Å². The molecule has 5 heteroatoms. The molecule has 0 aromatic carbocycles. The molecule has 1 N–H and O–H groups in total. The molecule has 1 fully saturated rings. The van der Waals surface area contributed by atoms with E-state index in [9.17, 15) is 4.79 Å². The van der Waals surface area contributed by atoms with Crippen molar-refractivity contribution in [3.05, 3.63) is 30.1 Å². The van der Waals surface area contributed by atoms with Gasteiger partial charge < -0.3 is 10.2 Å². The SMILES string of the molecule is CCC(NC(=O)CN1CCN(CC)CC1)c1cccnc1. The Morgan fingerprint density at radius 1 is 1.29 bits per heavy atom. The second kappa shape index (κ2) is 8.10. The maximum Gasteiger partial charge on any atom is 0.234 e. The van der Waals surface area contributed by atoms with Gasteiger partial charge in [-0.15, -0.1) is 0 Å². The molecule has 1 amide bonds. The number of piperazine rings is 1. The van der Waals surface area contributed by atoms with Gasteiger partial charge in [0.15, 0.2) is 0 Å². The molecule has 116 valence electrons. The van der Waals surface area contributed by atoms with E-state index >= 15 is 0 Å². The summed E-state index contributed by atoms with van der Waals surface area (Å²) in [6.45, 7) is 9.93. The van der Waals surface area contributed by atoms with Crippen molar-refractivity contribution in [3.8, 4) is 0 Å². The van der Waals surface area contributed by atoms with Crippen molar-refractivity contribution in [2.45, 2.75) is 26.3 Å². The first-order valence-electron chi connectivity index (χ1n) is 7.87. The average molecular weight is 290 g/mol. The van der Waals surface area contributed by atoms with Gasteiger partial charge in [-0.05, 0) is 24.6 Å². The lowest BCUT2D eigenvalue weighted by Gasteiger charge is -2.33. The molecule has 21 heavy (non-hydrogen) atoms. The Hall–Kier alpha value is -1.46. The fraction of sp³-hybridized carbons (Fsp3) is 0.625. The summed E-state index contributed by atoms with van der Waals surface area (Å²) in [4.78, 5) is 21.0. The molecule has 0 saturated carbocycles. The molecule has 2 rings (SSSR count). The van der Waals surface area contributed by atoms with Gasteiger partial charge in [-0.3, -0.25) is 14.7 Å². The number of aromatic nitrogens is 1. The Kier molecular flexibility index (Phi) is 6.14. The number of nitrogens with zero attached hydrogens (tertiary/aromatic N) is 3. The van der Waals surface area contributed by atoms with Crippen LogP contribution in [0.5, 0.6) is 0 Å². The van der Waals surface area contributed by atoms with Crippen LogP contribution in [0.25, 0.3) is 0 Å². The zero-order valence-electron chi connectivity index (χ0n) is 13.1. The minimum Gasteiger partial charge on any atom is -0.348 e. The van der Waals surface area contributed by atoms with Gasteiger partial charge in [-0.2, -0.15) is 0 Å². The van der Waals surface area contributed by atoms with Crippen molar-refractivity contribution in [1.29, 1.82) is 0 Å². The summed E-state index contributed by atoms with van der Waals surface area (Å²) < 4.78 is 0. The van der Waals surface area contributed by atoms with E-state index < -0.39 is 0 Å². The van der Waals surface area contributed by atoms with Gasteiger partial charge in [0.05, 0.1) is 12.6 Å². The van der Waals surface area contributed by atoms with E-state index in [2.05, 4.69) is 33.9 Å². The highest BCUT2D eigenvalue weighted by atomic mass is 16.2. The summed E-state index contributed by atoms with van der Waals surface area (Å²) in [5.41, 5.74) is 1.07. The molecule has 2 heterocycles. The molecular weight excluding hydrogens is 264 g/mol. The van der Waals surface area contributed by atoms with E-state index in [1.165, 1.54) is 0 Å². The molecule has 0 bridgehead atoms. The van der Waals surface area contributed by atoms with Crippen LogP contribution in [0, 0.1) is 0 Å². The lowest BCUT2D eigenvalue weighted by Crippen LogP contribution is -2.49. The molecule has 1 aliphatic heterocycles. The minimum absolute atomic E-state index is 0.0585. The number of amides is 1. The topological polar surface area (TPSA) is 48.5 Å². The number of nitrogens with one attached hydrogen (secondary N) is 1. The van der Waals surface area contributed by atoms with Crippen LogP contribution in [0.2, 0.25) is 0 Å². The Morgan fingerprint density at radius 3 is 2.57 bits per heavy atom. The van der Waals surface area contributed by atoms with Crippen molar-refractivity contribution in [2.24, 2.45) is 0 Å². The summed E-state index contributed by atoms with van der Waals surface area (Å²) >= 11 is 0. The molecule has 0 aliphatic carbocycles. The zero-order valence-corrected chi connectivity index (χ0v) is 13.1. The third-order valence-electron chi connectivity index (χ3n) is 4.11. The van der Waals surface area contributed by atoms with Gasteiger partial charge in [0.25, 0.3) is 0 Å². The molecule has 1 atom stereocenters. The number of carbonyl (C=O) groups is 1. The number of hydrogen-bond acceptors (Lipinski definition) is 4. The van der Waals surface area contributed by atoms with Crippen molar-refractivity contribution in [1.82, 2.24) is 20.1 Å². The first-order valence-corrected chi connectivity index (χ1v) is 7.87. The second-order valence-electron chi connectivity index (χ2n) is 5.53. The largest absolute Gasteiger partial charge is 0.348 e. The van der Waals surface area contributed by atoms with Gasteiger partial charge in [0.2, 0.25) is 5.91 Å². The molecule has 0 spiro atoms. The summed E-state index contributed by atoms with van der Waals surface area (Å²) in [6.07, 6.45) is 4.46. The lowest BCUT2D eigenvalue weighted by molar-refractivity contribution is -0.123. The number of pyridine rings is 1. The fourth-order valence-electron chi connectivity index (χ4n) is 2.71. The average Bonchev–Trinajstić information content (AvgIpc) is 2.54. The monoisotopic (exact) mass is 290 g/mol. The second-order valence-corrected chi connectivity index (χ2v) is 5.53. The van der Waals surface area contributed by atoms with Crippen molar-refractivity contribution >= 4 is 5.91 Å². The normalized spacial score (nSPS) is 18.4. The van der Waals surface area contributed by atoms with E-state index in [1.807, 2.05) is 18.3 Å². The van der Waals surface area contributed by atoms with Crippen LogP contribution >= 0.6 is 0 Å². The standard InChI is InChI=1S/C16H26N4O/c1-3-15(14-6-5-7-17-12-14)18-16(21)13-20-10-8-19(4-2)9-11-20/h5-7,12,15H,3-4,8-11,13H2,1-2H3,(H,18,21). The van der Waals surface area contributed by atoms with Crippen LogP contribution in [0.1, 0.15) is 31.9 Å². The Labute approximate surface area is 127 Å². The number of carbonyl (C=O) groups excluding carboxylic acids is 1. The van der Waals surface area contributed by atoms with Crippen molar-refractivity contribution < 1.29 is 4.79 Å². The summed E-state index contributed by atoms with van der Waals surface area (Å²) in [5, 5.41) is 3.12. The van der Waals surface area contributed by atoms with E-state index in [0.717, 1.165) is 44.7 Å². The maximum absolute atomic E-state index is 12.2. The summed E-state index contributed by atoms with van der Waals surface area (Å²) in [7, 11) is 0. The predicted molar refractivity (Wildman–Crippen MR) is 84.0 cm³/mol. The number of hydrogen-bond donors (Lipinski definition) is 1. The van der Waals surface area contributed by atoms with E-state index in [1.54, 1.807) is 6.20 Å². The molecule has 1 saturated heterocycles. The fourth-order valence-corrected chi connectivity index (χ4v) is 2.71. The van der Waals surface area contributed by atoms with E-state index in [0.29, 0.717) is 6.54 Å². The van der Waals surface area contributed by atoms with Gasteiger partial charge in [0, 0.05) is 38.6 Å². The lowest BCUT2D eigenvalue weighted by atomic mass is 10.1. The molecular formula is C16H26N4O. The van der Waals surface area contributed by atoms with Crippen LogP contribution in [0.15, 0.2) is 24.5 Å². The summed E-state index contributed by atoms with van der Waals surface area (Å²) in [5.74, 6) is 0.107. The van der Waals surface area contributed by atoms with E-state index in [4.69, 9.17) is 0 Å². The van der Waals surface area contributed by atoms with Crippen LogP contribution in [0.3, 0.4) is 0 Å². The minimum atomic E-state index is 0.0585. The maximum atomic E-state index is 12.2. The molecule has 5 nitrogen and oxygen atoms in total. The van der Waals surface area contributed by atoms with Crippen molar-refractivity contribution in [3.63, 3.8) is 0 Å². The first-order chi connectivity index (χ1) is 10.2. The Bertz CT molecular complexity index is 429. The number of rotatable bonds is 6. The highest BCUT2D eigenvalue weighted by Gasteiger charge is 2.19. The van der Waals surface area contributed by atoms with Gasteiger partial charge in [0.1, 0.15) is 0 Å². The van der Waals surface area contributed by atoms with E-state index in [-0.39, 0.29) is 11.9 Å². The highest BCUT2D eigenvalue weighted by molar-refractivity contribution is 5.78. The van der Waals surface area contributed by atoms with Crippen LogP contribution < -0.4 is 5.32 Å². The summed E-state index contributed by atoms with van der Waals surface area (Å²) in [6, 6.07) is 3.98. The number of likely N-dealkylation sites (N-methyl/N-ethyl adjacent to an activating group) is 1. The third kappa shape index (κ3) is 4.79. The third-order valence-corrected chi connectivity index (χ3v) is 4.11. The zero-order chi connectivity index (χ0) is 15.1. The highest BCUT2D eigenvalue weighted by Crippen LogP contribution is 2.14. The molecule has 1 unspecified atom stereocenters. The molecule has 1 aliphatic rings. The van der Waals surface area contributed by atoms with Crippen LogP contribution in [-0.4, -0.2) is 60.0 Å². The predicted octanol–water partition coefficient (Wildman–Crippen LogP) is 1.29. The van der Waals surface area contributed by atoms with Crippen molar-refractivity contribution in [2.75, 3.05) is 39.3 Å². The van der Waals surface area contributed by atoms with Gasteiger partial charge in [-0.1, -0.05) is 19.9 Å². The van der Waals surface area contributed by atoms with Crippen LogP contribution in [0.4, 0.5) is 0 Å². The Balaban J connectivity index is 1.81. The molecule has 0 radical (unpaired) electrons. The quantitative estimate of drug-likeness (QED) is 0.857.